The molecule has 7 heteroatoms. The first-order chi connectivity index (χ1) is 21.6. The second-order valence-corrected chi connectivity index (χ2v) is 19.1. The van der Waals surface area contributed by atoms with Crippen LogP contribution >= 0.6 is 0 Å². The number of carboxylic acid groups (broad SMARTS) is 1. The highest BCUT2D eigenvalue weighted by Gasteiger charge is 2.70. The number of hydrogen-bond acceptors (Lipinski definition) is 6. The summed E-state index contributed by atoms with van der Waals surface area (Å²) in [7, 11) is 0. The summed E-state index contributed by atoms with van der Waals surface area (Å²) >= 11 is 0. The zero-order chi connectivity index (χ0) is 35.1. The van der Waals surface area contributed by atoms with Crippen molar-refractivity contribution >= 4 is 17.7 Å². The van der Waals surface area contributed by atoms with Crippen LogP contribution in [0.15, 0.2) is 11.1 Å². The van der Waals surface area contributed by atoms with E-state index < -0.39 is 28.9 Å². The number of allylic oxidation sites excluding steroid dienone is 1. The first kappa shape index (κ1) is 36.5. The van der Waals surface area contributed by atoms with Gasteiger partial charge in [-0.1, -0.05) is 67.9 Å². The smallest absolute Gasteiger partial charge is 0.309 e. The van der Waals surface area contributed by atoms with Gasteiger partial charge in [0.15, 0.2) is 5.78 Å². The van der Waals surface area contributed by atoms with E-state index in [2.05, 4.69) is 67.6 Å². The third-order valence-corrected chi connectivity index (χ3v) is 15.2. The first-order valence-corrected chi connectivity index (χ1v) is 18.7. The summed E-state index contributed by atoms with van der Waals surface area (Å²) in [5.41, 5.74) is 0.677. The Bertz CT molecular complexity index is 1310. The fraction of sp³-hybridized carbons (Fsp3) is 0.875. The van der Waals surface area contributed by atoms with Crippen molar-refractivity contribution in [1.29, 1.82) is 0 Å². The summed E-state index contributed by atoms with van der Waals surface area (Å²) in [5, 5.41) is 24.9. The molecule has 3 N–H and O–H groups in total. The number of ether oxygens (including phenoxy) is 1. The Morgan fingerprint density at radius 3 is 2.17 bits per heavy atom. The Balaban J connectivity index is 1.45. The van der Waals surface area contributed by atoms with E-state index in [1.807, 2.05) is 0 Å². The largest absolute Gasteiger partial charge is 0.481 e. The van der Waals surface area contributed by atoms with Crippen LogP contribution in [0.25, 0.3) is 0 Å². The summed E-state index contributed by atoms with van der Waals surface area (Å²) in [6.45, 7) is 24.4. The molecule has 0 amide bonds. The maximum atomic E-state index is 13.8. The average molecular weight is 656 g/mol. The lowest BCUT2D eigenvalue weighted by Crippen LogP contribution is -2.66. The van der Waals surface area contributed by atoms with E-state index >= 15 is 0 Å². The van der Waals surface area contributed by atoms with Gasteiger partial charge in [0, 0.05) is 29.8 Å². The molecule has 0 aliphatic heterocycles. The van der Waals surface area contributed by atoms with Gasteiger partial charge in [-0.05, 0) is 111 Å². The molecule has 47 heavy (non-hydrogen) atoms. The highest BCUT2D eigenvalue weighted by Crippen LogP contribution is 2.77. The zero-order valence-corrected chi connectivity index (χ0v) is 31.3. The van der Waals surface area contributed by atoms with Gasteiger partial charge in [-0.3, -0.25) is 14.4 Å². The van der Waals surface area contributed by atoms with Crippen LogP contribution in [-0.4, -0.2) is 52.7 Å². The van der Waals surface area contributed by atoms with Crippen molar-refractivity contribution in [2.75, 3.05) is 6.54 Å². The summed E-state index contributed by atoms with van der Waals surface area (Å²) in [6, 6.07) is 0.272. The molecule has 0 heterocycles. The minimum atomic E-state index is -1.15. The number of Topliss-reactive ketones (excluding diaryl/α,β-unsaturated/α-hetero) is 1. The Morgan fingerprint density at radius 2 is 1.57 bits per heavy atom. The van der Waals surface area contributed by atoms with Crippen molar-refractivity contribution in [3.63, 3.8) is 0 Å². The summed E-state index contributed by atoms with van der Waals surface area (Å²) in [6.07, 6.45) is 7.50. The van der Waals surface area contributed by atoms with Gasteiger partial charge in [0.2, 0.25) is 0 Å². The van der Waals surface area contributed by atoms with Crippen LogP contribution in [-0.2, 0) is 19.1 Å². The van der Waals surface area contributed by atoms with E-state index in [9.17, 15) is 24.6 Å². The molecule has 0 unspecified atom stereocenters. The number of aliphatic hydroxyl groups is 1. The molecular weight excluding hydrogens is 590 g/mol. The lowest BCUT2D eigenvalue weighted by atomic mass is 9.33. The van der Waals surface area contributed by atoms with Crippen LogP contribution in [0.1, 0.15) is 140 Å². The van der Waals surface area contributed by atoms with Gasteiger partial charge in [-0.15, -0.1) is 0 Å². The summed E-state index contributed by atoms with van der Waals surface area (Å²) in [4.78, 5) is 38.6. The Kier molecular flexibility index (Phi) is 9.30. The fourth-order valence-electron chi connectivity index (χ4n) is 12.5. The molecule has 5 aliphatic rings. The standard InChI is InChI=1S/C40H65NO6/c1-23(2)32-26(42)20-40(29(43)22-41-24(3)4)19-18-38(10)25(33(32)40)12-13-28-37(9)16-15-30(47-31(44)21-35(5,6)34(45)46)36(7,8)27(37)14-17-39(28,38)11/h23-25,27-30,41,43H,12-22H2,1-11H3,(H,45,46)/t25-,27+,28-,29+,30+,37+,38-,39-,40-/m1/s1. The second-order valence-electron chi connectivity index (χ2n) is 19.1. The zero-order valence-electron chi connectivity index (χ0n) is 31.3. The predicted molar refractivity (Wildman–Crippen MR) is 184 cm³/mol. The first-order valence-electron chi connectivity index (χ1n) is 18.7. The molecular formula is C40H65NO6. The molecule has 0 bridgehead atoms. The van der Waals surface area contributed by atoms with Crippen LogP contribution in [0, 0.1) is 56.2 Å². The molecule has 5 aliphatic carbocycles. The van der Waals surface area contributed by atoms with Gasteiger partial charge < -0.3 is 20.3 Å². The Morgan fingerprint density at radius 1 is 0.915 bits per heavy atom. The lowest BCUT2D eigenvalue weighted by molar-refractivity contribution is -0.235. The number of carbonyl (C=O) groups is 3. The maximum absolute atomic E-state index is 13.8. The van der Waals surface area contributed by atoms with E-state index in [0.29, 0.717) is 24.8 Å². The summed E-state index contributed by atoms with van der Waals surface area (Å²) < 4.78 is 6.14. The molecule has 4 fully saturated rings. The molecule has 4 saturated carbocycles. The fourth-order valence-corrected chi connectivity index (χ4v) is 12.5. The number of rotatable bonds is 9. The molecule has 5 rings (SSSR count). The highest BCUT2D eigenvalue weighted by atomic mass is 16.5. The van der Waals surface area contributed by atoms with Crippen LogP contribution in [0.5, 0.6) is 0 Å². The SMILES string of the molecule is CC(C)NC[C@H](O)[C@]12CC[C@]3(C)[C@H](CC[C@@H]4[C@@]5(C)CC[C@H](OC(=O)CC(C)(C)C(=O)O)C(C)(C)[C@@H]5CC[C@]43C)C1=C(C(C)C)C(=O)C2. The number of hydrogen-bond donors (Lipinski definition) is 3. The normalized spacial score (nSPS) is 40.4. The van der Waals surface area contributed by atoms with Gasteiger partial charge in [-0.2, -0.15) is 0 Å². The van der Waals surface area contributed by atoms with E-state index in [0.717, 1.165) is 56.9 Å². The van der Waals surface area contributed by atoms with Gasteiger partial charge in [0.05, 0.1) is 17.9 Å². The number of nitrogens with one attached hydrogen (secondary N) is 1. The molecule has 9 atom stereocenters. The van der Waals surface area contributed by atoms with Crippen LogP contribution in [0.4, 0.5) is 0 Å². The predicted octanol–water partition coefficient (Wildman–Crippen LogP) is 7.74. The summed E-state index contributed by atoms with van der Waals surface area (Å²) in [5.74, 6) is 0.190. The molecule has 0 saturated heterocycles. The number of ketones is 1. The van der Waals surface area contributed by atoms with E-state index in [1.165, 1.54) is 5.57 Å². The minimum absolute atomic E-state index is 0.0224. The van der Waals surface area contributed by atoms with Crippen molar-refractivity contribution in [2.45, 2.75) is 159 Å². The van der Waals surface area contributed by atoms with E-state index in [1.54, 1.807) is 13.8 Å². The van der Waals surface area contributed by atoms with Crippen LogP contribution in [0.3, 0.4) is 0 Å². The van der Waals surface area contributed by atoms with Crippen LogP contribution < -0.4 is 5.32 Å². The molecule has 0 aromatic carbocycles. The third kappa shape index (κ3) is 5.47. The number of esters is 1. The van der Waals surface area contributed by atoms with Crippen LogP contribution in [0.2, 0.25) is 0 Å². The number of aliphatic hydroxyl groups excluding tert-OH is 1. The van der Waals surface area contributed by atoms with E-state index in [4.69, 9.17) is 4.74 Å². The van der Waals surface area contributed by atoms with Crippen molar-refractivity contribution < 1.29 is 29.3 Å². The number of fused-ring (bicyclic) bond motifs is 7. The van der Waals surface area contributed by atoms with Crippen molar-refractivity contribution in [2.24, 2.45) is 56.2 Å². The maximum Gasteiger partial charge on any atom is 0.309 e. The monoisotopic (exact) mass is 655 g/mol. The molecule has 7 nitrogen and oxygen atoms in total. The number of carboxylic acids is 1. The quantitative estimate of drug-likeness (QED) is 0.218. The number of carbonyl (C=O) groups excluding carboxylic acids is 2. The Hall–Kier alpha value is -1.73. The van der Waals surface area contributed by atoms with Gasteiger partial charge in [0.1, 0.15) is 6.10 Å². The highest BCUT2D eigenvalue weighted by molar-refractivity contribution is 6.00. The Labute approximate surface area is 284 Å². The molecule has 0 spiro atoms. The van der Waals surface area contributed by atoms with Crippen molar-refractivity contribution in [1.82, 2.24) is 5.32 Å². The topological polar surface area (TPSA) is 113 Å². The minimum Gasteiger partial charge on any atom is -0.481 e. The average Bonchev–Trinajstić information content (AvgIpc) is 3.26. The lowest BCUT2D eigenvalue weighted by Gasteiger charge is -2.72. The van der Waals surface area contributed by atoms with E-state index in [-0.39, 0.29) is 57.8 Å². The van der Waals surface area contributed by atoms with Crippen molar-refractivity contribution in [3.8, 4) is 0 Å². The van der Waals surface area contributed by atoms with Gasteiger partial charge >= 0.3 is 11.9 Å². The second kappa shape index (κ2) is 12.0. The molecule has 0 radical (unpaired) electrons. The molecule has 0 aromatic rings. The van der Waals surface area contributed by atoms with Gasteiger partial charge in [-0.25, -0.2) is 0 Å². The third-order valence-electron chi connectivity index (χ3n) is 15.2. The number of aliphatic carboxylic acids is 1. The molecule has 0 aromatic heterocycles. The van der Waals surface area contributed by atoms with Gasteiger partial charge in [0.25, 0.3) is 0 Å². The molecule has 266 valence electrons. The van der Waals surface area contributed by atoms with Crippen molar-refractivity contribution in [3.05, 3.63) is 11.1 Å².